The van der Waals surface area contributed by atoms with Gasteiger partial charge in [-0.1, -0.05) is 0 Å². The molecule has 17 heavy (non-hydrogen) atoms. The van der Waals surface area contributed by atoms with Gasteiger partial charge in [0.1, 0.15) is 0 Å². The maximum atomic E-state index is 13.4. The minimum atomic E-state index is -2.49. The van der Waals surface area contributed by atoms with Crippen LogP contribution in [0.3, 0.4) is 0 Å². The molecule has 1 aliphatic heterocycles. The van der Waals surface area contributed by atoms with E-state index in [2.05, 4.69) is 25.9 Å². The van der Waals surface area contributed by atoms with Crippen LogP contribution in [0, 0.1) is 5.41 Å². The summed E-state index contributed by atoms with van der Waals surface area (Å²) in [5.41, 5.74) is -0.804. The largest absolute Gasteiger partial charge is 0.340 e. The molecule has 1 aromatic heterocycles. The van der Waals surface area contributed by atoms with Gasteiger partial charge in [0.05, 0.1) is 9.89 Å². The Bertz CT molecular complexity index is 437. The molecule has 6 heteroatoms. The number of halogens is 3. The second kappa shape index (κ2) is 3.60. The van der Waals surface area contributed by atoms with Gasteiger partial charge in [0.15, 0.2) is 0 Å². The van der Waals surface area contributed by atoms with Gasteiger partial charge in [0, 0.05) is 31.9 Å². The van der Waals surface area contributed by atoms with Crippen molar-refractivity contribution < 1.29 is 8.78 Å². The van der Waals surface area contributed by atoms with Gasteiger partial charge in [-0.2, -0.15) is 0 Å². The fourth-order valence-electron chi connectivity index (χ4n) is 2.59. The predicted molar refractivity (Wildman–Crippen MR) is 63.2 cm³/mol. The molecule has 3 nitrogen and oxygen atoms in total. The van der Waals surface area contributed by atoms with Crippen molar-refractivity contribution in [2.75, 3.05) is 18.0 Å². The summed E-state index contributed by atoms with van der Waals surface area (Å²) >= 11 is 3.26. The van der Waals surface area contributed by atoms with Gasteiger partial charge in [0.25, 0.3) is 5.92 Å². The van der Waals surface area contributed by atoms with Crippen LogP contribution < -0.4 is 4.90 Å². The van der Waals surface area contributed by atoms with E-state index in [0.717, 1.165) is 17.4 Å². The first-order valence-electron chi connectivity index (χ1n) is 5.63. The summed E-state index contributed by atoms with van der Waals surface area (Å²) in [6.45, 7) is 1.14. The second-order valence-electron chi connectivity index (χ2n) is 4.89. The van der Waals surface area contributed by atoms with E-state index in [9.17, 15) is 8.78 Å². The van der Waals surface area contributed by atoms with Crippen molar-refractivity contribution in [3.8, 4) is 0 Å². The van der Waals surface area contributed by atoms with Gasteiger partial charge in [-0.25, -0.2) is 18.7 Å². The van der Waals surface area contributed by atoms with E-state index >= 15 is 0 Å². The molecule has 1 unspecified atom stereocenters. The standard InChI is InChI=1S/C11H12BrF2N3/c12-8-4-15-9(16-5-8)17-3-1-2-10(7-17)6-11(10,13)14/h4-5H,1-3,6-7H2. The third kappa shape index (κ3) is 1.82. The minimum absolute atomic E-state index is 0.0209. The van der Waals surface area contributed by atoms with Gasteiger partial charge < -0.3 is 4.90 Å². The first-order chi connectivity index (χ1) is 8.02. The van der Waals surface area contributed by atoms with E-state index < -0.39 is 11.3 Å². The molecule has 0 bridgehead atoms. The van der Waals surface area contributed by atoms with Crippen molar-refractivity contribution in [1.82, 2.24) is 9.97 Å². The fourth-order valence-corrected chi connectivity index (χ4v) is 2.80. The Morgan fingerprint density at radius 2 is 1.94 bits per heavy atom. The lowest BCUT2D eigenvalue weighted by molar-refractivity contribution is 0.0574. The molecule has 1 atom stereocenters. The van der Waals surface area contributed by atoms with Crippen molar-refractivity contribution in [3.05, 3.63) is 16.9 Å². The normalized spacial score (nSPS) is 30.6. The first kappa shape index (κ1) is 11.3. The molecule has 1 aliphatic carbocycles. The van der Waals surface area contributed by atoms with Crippen LogP contribution >= 0.6 is 15.9 Å². The summed E-state index contributed by atoms with van der Waals surface area (Å²) in [7, 11) is 0. The van der Waals surface area contributed by atoms with Gasteiger partial charge in [-0.05, 0) is 28.8 Å². The van der Waals surface area contributed by atoms with E-state index in [1.54, 1.807) is 12.4 Å². The molecule has 0 amide bonds. The summed E-state index contributed by atoms with van der Waals surface area (Å²) < 4.78 is 27.5. The van der Waals surface area contributed by atoms with Gasteiger partial charge in [-0.3, -0.25) is 0 Å². The predicted octanol–water partition coefficient (Wildman–Crippen LogP) is 2.86. The van der Waals surface area contributed by atoms with Crippen molar-refractivity contribution in [1.29, 1.82) is 0 Å². The minimum Gasteiger partial charge on any atom is -0.340 e. The molecular weight excluding hydrogens is 292 g/mol. The number of aromatic nitrogens is 2. The highest BCUT2D eigenvalue weighted by Gasteiger charge is 2.71. The monoisotopic (exact) mass is 303 g/mol. The molecule has 1 saturated carbocycles. The van der Waals surface area contributed by atoms with Crippen LogP contribution in [0.2, 0.25) is 0 Å². The highest BCUT2D eigenvalue weighted by atomic mass is 79.9. The molecule has 2 aliphatic rings. The Labute approximate surface area is 106 Å². The lowest BCUT2D eigenvalue weighted by Crippen LogP contribution is -2.40. The summed E-state index contributed by atoms with van der Waals surface area (Å²) in [5, 5.41) is 0. The van der Waals surface area contributed by atoms with Crippen molar-refractivity contribution in [2.24, 2.45) is 5.41 Å². The number of alkyl halides is 2. The Balaban J connectivity index is 1.79. The van der Waals surface area contributed by atoms with E-state index in [-0.39, 0.29) is 6.42 Å². The van der Waals surface area contributed by atoms with Crippen molar-refractivity contribution in [3.63, 3.8) is 0 Å². The Hall–Kier alpha value is -0.780. The topological polar surface area (TPSA) is 29.0 Å². The first-order valence-corrected chi connectivity index (χ1v) is 6.42. The maximum Gasteiger partial charge on any atom is 0.256 e. The molecule has 1 aromatic rings. The summed E-state index contributed by atoms with van der Waals surface area (Å²) in [6, 6.07) is 0. The molecular formula is C11H12BrF2N3. The average molecular weight is 304 g/mol. The summed E-state index contributed by atoms with van der Waals surface area (Å²) in [5.74, 6) is -1.93. The van der Waals surface area contributed by atoms with E-state index in [4.69, 9.17) is 0 Å². The zero-order chi connectivity index (χ0) is 12.1. The third-order valence-corrected chi connectivity index (χ3v) is 4.09. The van der Waals surface area contributed by atoms with Gasteiger partial charge in [0.2, 0.25) is 5.95 Å². The lowest BCUT2D eigenvalue weighted by atomic mass is 9.94. The molecule has 3 rings (SSSR count). The molecule has 92 valence electrons. The van der Waals surface area contributed by atoms with Crippen LogP contribution in [0.25, 0.3) is 0 Å². The zero-order valence-corrected chi connectivity index (χ0v) is 10.8. The second-order valence-corrected chi connectivity index (χ2v) is 5.80. The molecule has 2 heterocycles. The lowest BCUT2D eigenvalue weighted by Gasteiger charge is -2.32. The SMILES string of the molecule is FC1(F)CC12CCCN(c1ncc(Br)cn1)C2. The van der Waals surface area contributed by atoms with Crippen LogP contribution in [0.1, 0.15) is 19.3 Å². The summed E-state index contributed by atoms with van der Waals surface area (Å²) in [6.07, 6.45) is 4.72. The Kier molecular flexibility index (Phi) is 2.40. The quantitative estimate of drug-likeness (QED) is 0.799. The van der Waals surface area contributed by atoms with Crippen LogP contribution in [-0.2, 0) is 0 Å². The van der Waals surface area contributed by atoms with Gasteiger partial charge in [-0.15, -0.1) is 0 Å². The van der Waals surface area contributed by atoms with E-state index in [1.165, 1.54) is 0 Å². The zero-order valence-electron chi connectivity index (χ0n) is 9.17. The van der Waals surface area contributed by atoms with Crippen molar-refractivity contribution >= 4 is 21.9 Å². The average Bonchev–Trinajstić information content (AvgIpc) is 2.80. The Morgan fingerprint density at radius 3 is 2.53 bits per heavy atom. The number of hydrogen-bond donors (Lipinski definition) is 0. The molecule has 2 fully saturated rings. The highest BCUT2D eigenvalue weighted by Crippen LogP contribution is 2.64. The number of nitrogens with zero attached hydrogens (tertiary/aromatic N) is 3. The van der Waals surface area contributed by atoms with Crippen LogP contribution in [0.4, 0.5) is 14.7 Å². The molecule has 0 aromatic carbocycles. The molecule has 1 saturated heterocycles. The fraction of sp³-hybridized carbons (Fsp3) is 0.636. The Morgan fingerprint density at radius 1 is 1.29 bits per heavy atom. The summed E-state index contributed by atoms with van der Waals surface area (Å²) in [4.78, 5) is 10.2. The highest BCUT2D eigenvalue weighted by molar-refractivity contribution is 9.10. The van der Waals surface area contributed by atoms with Crippen molar-refractivity contribution in [2.45, 2.75) is 25.2 Å². The number of piperidine rings is 1. The number of rotatable bonds is 1. The smallest absolute Gasteiger partial charge is 0.256 e. The molecule has 0 radical (unpaired) electrons. The van der Waals surface area contributed by atoms with Crippen LogP contribution in [0.5, 0.6) is 0 Å². The maximum absolute atomic E-state index is 13.4. The van der Waals surface area contributed by atoms with E-state index in [1.807, 2.05) is 4.90 Å². The van der Waals surface area contributed by atoms with Gasteiger partial charge >= 0.3 is 0 Å². The van der Waals surface area contributed by atoms with Crippen LogP contribution in [-0.4, -0.2) is 29.0 Å². The number of hydrogen-bond acceptors (Lipinski definition) is 3. The third-order valence-electron chi connectivity index (χ3n) is 3.68. The molecule has 0 N–H and O–H groups in total. The number of anilines is 1. The van der Waals surface area contributed by atoms with Crippen LogP contribution in [0.15, 0.2) is 16.9 Å². The molecule has 1 spiro atoms. The van der Waals surface area contributed by atoms with E-state index in [0.29, 0.717) is 18.9 Å².